The fourth-order valence-electron chi connectivity index (χ4n) is 2.46. The molecule has 0 radical (unpaired) electrons. The Balaban J connectivity index is 2.09. The lowest BCUT2D eigenvalue weighted by Crippen LogP contribution is -2.24. The highest BCUT2D eigenvalue weighted by molar-refractivity contribution is 5.49. The molecular formula is C14H21N5. The first-order valence-corrected chi connectivity index (χ1v) is 6.89. The van der Waals surface area contributed by atoms with Crippen molar-refractivity contribution < 1.29 is 0 Å². The van der Waals surface area contributed by atoms with Crippen molar-refractivity contribution in [1.82, 2.24) is 9.97 Å². The summed E-state index contributed by atoms with van der Waals surface area (Å²) in [6, 6.07) is 4.59. The number of nitrogens with zero attached hydrogens (tertiary/aromatic N) is 4. The van der Waals surface area contributed by atoms with Crippen molar-refractivity contribution in [2.75, 3.05) is 23.8 Å². The summed E-state index contributed by atoms with van der Waals surface area (Å²) in [5.41, 5.74) is 0. The lowest BCUT2D eigenvalue weighted by Gasteiger charge is -2.24. The van der Waals surface area contributed by atoms with E-state index in [2.05, 4.69) is 21.4 Å². The second-order valence-electron chi connectivity index (χ2n) is 5.15. The maximum atomic E-state index is 8.75. The molecule has 19 heavy (non-hydrogen) atoms. The van der Waals surface area contributed by atoms with Crippen LogP contribution in [0.25, 0.3) is 0 Å². The third kappa shape index (κ3) is 3.82. The highest BCUT2D eigenvalue weighted by Crippen LogP contribution is 2.22. The second kappa shape index (κ2) is 6.37. The smallest absolute Gasteiger partial charge is 0.134 e. The summed E-state index contributed by atoms with van der Waals surface area (Å²) in [6.45, 7) is 2.22. The van der Waals surface area contributed by atoms with Gasteiger partial charge in [0.05, 0.1) is 6.07 Å². The van der Waals surface area contributed by atoms with Gasteiger partial charge in [0.2, 0.25) is 0 Å². The molecule has 0 saturated heterocycles. The third-order valence-corrected chi connectivity index (χ3v) is 3.48. The summed E-state index contributed by atoms with van der Waals surface area (Å²) >= 11 is 0. The van der Waals surface area contributed by atoms with Gasteiger partial charge in [0.25, 0.3) is 0 Å². The molecule has 1 saturated carbocycles. The summed E-state index contributed by atoms with van der Waals surface area (Å²) < 4.78 is 0. The van der Waals surface area contributed by atoms with E-state index in [-0.39, 0.29) is 0 Å². The van der Waals surface area contributed by atoms with Crippen LogP contribution in [-0.4, -0.2) is 29.6 Å². The Hall–Kier alpha value is -1.83. The normalized spacial score (nSPS) is 15.8. The predicted octanol–water partition coefficient (Wildman–Crippen LogP) is 2.49. The van der Waals surface area contributed by atoms with Crippen LogP contribution in [0.4, 0.5) is 11.6 Å². The Morgan fingerprint density at radius 3 is 2.79 bits per heavy atom. The Kier molecular flexibility index (Phi) is 4.56. The van der Waals surface area contributed by atoms with E-state index in [1.54, 1.807) is 0 Å². The number of hydrogen-bond donors (Lipinski definition) is 1. The molecule has 5 heteroatoms. The lowest BCUT2D eigenvalue weighted by atomic mass is 9.95. The SMILES string of the molecule is Cc1nc(NC2CCCCC2)cc(N(C)CC#N)n1. The van der Waals surface area contributed by atoms with Crippen LogP contribution in [-0.2, 0) is 0 Å². The zero-order valence-electron chi connectivity index (χ0n) is 11.7. The Labute approximate surface area is 114 Å². The van der Waals surface area contributed by atoms with Gasteiger partial charge >= 0.3 is 0 Å². The van der Waals surface area contributed by atoms with Gasteiger partial charge in [0.15, 0.2) is 0 Å². The van der Waals surface area contributed by atoms with Gasteiger partial charge in [-0.1, -0.05) is 19.3 Å². The first-order chi connectivity index (χ1) is 9.19. The fourth-order valence-corrected chi connectivity index (χ4v) is 2.46. The van der Waals surface area contributed by atoms with E-state index in [9.17, 15) is 0 Å². The molecule has 0 unspecified atom stereocenters. The van der Waals surface area contributed by atoms with Crippen molar-refractivity contribution >= 4 is 11.6 Å². The van der Waals surface area contributed by atoms with Gasteiger partial charge in [0.1, 0.15) is 24.0 Å². The minimum Gasteiger partial charge on any atom is -0.367 e. The monoisotopic (exact) mass is 259 g/mol. The topological polar surface area (TPSA) is 64.8 Å². The first-order valence-electron chi connectivity index (χ1n) is 6.89. The highest BCUT2D eigenvalue weighted by atomic mass is 15.2. The molecule has 1 aromatic rings. The molecule has 1 aliphatic rings. The van der Waals surface area contributed by atoms with Crippen molar-refractivity contribution in [3.8, 4) is 6.07 Å². The van der Waals surface area contributed by atoms with Gasteiger partial charge in [-0.25, -0.2) is 9.97 Å². The van der Waals surface area contributed by atoms with Crippen LogP contribution in [0.15, 0.2) is 6.07 Å². The van der Waals surface area contributed by atoms with Gasteiger partial charge in [0, 0.05) is 19.2 Å². The standard InChI is InChI=1S/C14H21N5/c1-11-16-13(18-12-6-4-3-5-7-12)10-14(17-11)19(2)9-8-15/h10,12H,3-7,9H2,1-2H3,(H,16,17,18). The molecule has 0 spiro atoms. The van der Waals surface area contributed by atoms with E-state index >= 15 is 0 Å². The molecular weight excluding hydrogens is 238 g/mol. The molecule has 0 aromatic carbocycles. The van der Waals surface area contributed by atoms with Crippen molar-refractivity contribution in [3.63, 3.8) is 0 Å². The average Bonchev–Trinajstić information content (AvgIpc) is 2.39. The maximum absolute atomic E-state index is 8.75. The third-order valence-electron chi connectivity index (χ3n) is 3.48. The molecule has 0 amide bonds. The largest absolute Gasteiger partial charge is 0.367 e. The summed E-state index contributed by atoms with van der Waals surface area (Å²) in [5.74, 6) is 2.41. The Morgan fingerprint density at radius 1 is 1.37 bits per heavy atom. The Bertz CT molecular complexity index is 459. The molecule has 0 atom stereocenters. The number of aryl methyl sites for hydroxylation is 1. The van der Waals surface area contributed by atoms with E-state index in [4.69, 9.17) is 5.26 Å². The van der Waals surface area contributed by atoms with Gasteiger partial charge in [-0.05, 0) is 19.8 Å². The van der Waals surface area contributed by atoms with E-state index in [1.807, 2.05) is 24.9 Å². The van der Waals surface area contributed by atoms with E-state index in [0.717, 1.165) is 17.5 Å². The summed E-state index contributed by atoms with van der Waals surface area (Å²) in [6.07, 6.45) is 6.36. The lowest BCUT2D eigenvalue weighted by molar-refractivity contribution is 0.461. The van der Waals surface area contributed by atoms with Crippen LogP contribution in [0.3, 0.4) is 0 Å². The number of nitrogens with one attached hydrogen (secondary N) is 1. The molecule has 1 fully saturated rings. The predicted molar refractivity (Wildman–Crippen MR) is 76.1 cm³/mol. The summed E-state index contributed by atoms with van der Waals surface area (Å²) in [4.78, 5) is 10.6. The number of aromatic nitrogens is 2. The number of nitriles is 1. The van der Waals surface area contributed by atoms with E-state index in [1.165, 1.54) is 32.1 Å². The number of rotatable bonds is 4. The zero-order valence-corrected chi connectivity index (χ0v) is 11.7. The van der Waals surface area contributed by atoms with Gasteiger partial charge in [-0.15, -0.1) is 0 Å². The number of anilines is 2. The maximum Gasteiger partial charge on any atom is 0.134 e. The summed E-state index contributed by atoms with van der Waals surface area (Å²) in [7, 11) is 1.87. The van der Waals surface area contributed by atoms with Crippen LogP contribution in [0.5, 0.6) is 0 Å². The molecule has 1 aliphatic carbocycles. The quantitative estimate of drug-likeness (QED) is 0.842. The average molecular weight is 259 g/mol. The molecule has 1 N–H and O–H groups in total. The molecule has 1 heterocycles. The Morgan fingerprint density at radius 2 is 2.11 bits per heavy atom. The fraction of sp³-hybridized carbons (Fsp3) is 0.643. The van der Waals surface area contributed by atoms with Gasteiger partial charge in [-0.2, -0.15) is 5.26 Å². The van der Waals surface area contributed by atoms with Gasteiger partial charge in [-0.3, -0.25) is 0 Å². The minimum atomic E-state index is 0.333. The molecule has 2 rings (SSSR count). The second-order valence-corrected chi connectivity index (χ2v) is 5.15. The van der Waals surface area contributed by atoms with Crippen LogP contribution in [0.2, 0.25) is 0 Å². The molecule has 1 aromatic heterocycles. The highest BCUT2D eigenvalue weighted by Gasteiger charge is 2.14. The van der Waals surface area contributed by atoms with Crippen LogP contribution in [0, 0.1) is 18.3 Å². The van der Waals surface area contributed by atoms with Crippen molar-refractivity contribution in [2.24, 2.45) is 0 Å². The van der Waals surface area contributed by atoms with Crippen LogP contribution < -0.4 is 10.2 Å². The first kappa shape index (κ1) is 13.6. The van der Waals surface area contributed by atoms with Crippen LogP contribution >= 0.6 is 0 Å². The zero-order chi connectivity index (χ0) is 13.7. The number of hydrogen-bond acceptors (Lipinski definition) is 5. The summed E-state index contributed by atoms with van der Waals surface area (Å²) in [5, 5.41) is 12.2. The van der Waals surface area contributed by atoms with E-state index < -0.39 is 0 Å². The molecule has 0 aliphatic heterocycles. The minimum absolute atomic E-state index is 0.333. The molecule has 102 valence electrons. The molecule has 5 nitrogen and oxygen atoms in total. The van der Waals surface area contributed by atoms with Crippen molar-refractivity contribution in [1.29, 1.82) is 5.26 Å². The van der Waals surface area contributed by atoms with Crippen molar-refractivity contribution in [3.05, 3.63) is 11.9 Å². The van der Waals surface area contributed by atoms with Crippen LogP contribution in [0.1, 0.15) is 37.9 Å². The molecule has 0 bridgehead atoms. The van der Waals surface area contributed by atoms with E-state index in [0.29, 0.717) is 12.6 Å². The van der Waals surface area contributed by atoms with Crippen molar-refractivity contribution in [2.45, 2.75) is 45.1 Å². The van der Waals surface area contributed by atoms with Gasteiger partial charge < -0.3 is 10.2 Å².